The van der Waals surface area contributed by atoms with Gasteiger partial charge in [-0.05, 0) is 36.9 Å². The Labute approximate surface area is 176 Å². The minimum atomic E-state index is -3.61. The molecule has 30 heavy (non-hydrogen) atoms. The number of rotatable bonds is 3. The normalized spacial score (nSPS) is 15.8. The summed E-state index contributed by atoms with van der Waals surface area (Å²) in [5.74, 6) is -0.320. The number of aryl methyl sites for hydroxylation is 1. The second kappa shape index (κ2) is 8.08. The number of nitrogens with zero attached hydrogens (tertiary/aromatic N) is 2. The number of fused-ring (bicyclic) bond motifs is 1. The Balaban J connectivity index is 1.54. The van der Waals surface area contributed by atoms with E-state index in [4.69, 9.17) is 0 Å². The van der Waals surface area contributed by atoms with Crippen LogP contribution >= 0.6 is 0 Å². The van der Waals surface area contributed by atoms with Gasteiger partial charge in [0, 0.05) is 31.6 Å². The lowest BCUT2D eigenvalue weighted by Gasteiger charge is -2.22. The lowest BCUT2D eigenvalue weighted by Crippen LogP contribution is -2.37. The van der Waals surface area contributed by atoms with Crippen LogP contribution in [0.15, 0.2) is 65.6 Å². The van der Waals surface area contributed by atoms with E-state index in [9.17, 15) is 18.3 Å². The van der Waals surface area contributed by atoms with E-state index in [1.165, 1.54) is 4.31 Å². The van der Waals surface area contributed by atoms with Crippen LogP contribution in [0.2, 0.25) is 0 Å². The standard InChI is InChI=1S/C23H24N2O4S/c1-17-7-10-19(11-8-17)30(28,29)25-14-4-13-24(15-16-25)23(27)21-12-9-18-5-2-3-6-20(18)22(21)26/h2-3,5-12,26H,4,13-16H2,1H3. The predicted molar refractivity (Wildman–Crippen MR) is 116 cm³/mol. The summed E-state index contributed by atoms with van der Waals surface area (Å²) < 4.78 is 27.4. The molecular formula is C23H24N2O4S. The van der Waals surface area contributed by atoms with Crippen molar-refractivity contribution < 1.29 is 18.3 Å². The Hall–Kier alpha value is -2.90. The van der Waals surface area contributed by atoms with E-state index in [-0.39, 0.29) is 35.2 Å². The average Bonchev–Trinajstić information content (AvgIpc) is 3.01. The molecule has 0 bridgehead atoms. The first-order chi connectivity index (χ1) is 14.4. The van der Waals surface area contributed by atoms with Gasteiger partial charge in [-0.2, -0.15) is 4.31 Å². The number of phenolic OH excluding ortho intramolecular Hbond substituents is 1. The van der Waals surface area contributed by atoms with Crippen molar-refractivity contribution in [2.75, 3.05) is 26.2 Å². The fraction of sp³-hybridized carbons (Fsp3) is 0.261. The molecule has 0 spiro atoms. The average molecular weight is 425 g/mol. The molecule has 1 aliphatic rings. The largest absolute Gasteiger partial charge is 0.506 e. The molecule has 1 fully saturated rings. The molecule has 3 aromatic rings. The zero-order chi connectivity index (χ0) is 21.3. The van der Waals surface area contributed by atoms with Crippen molar-refractivity contribution in [3.8, 4) is 5.75 Å². The van der Waals surface area contributed by atoms with Gasteiger partial charge in [0.1, 0.15) is 5.75 Å². The topological polar surface area (TPSA) is 77.9 Å². The van der Waals surface area contributed by atoms with Crippen LogP contribution in [0.4, 0.5) is 0 Å². The maximum absolute atomic E-state index is 13.1. The Morgan fingerprint density at radius 3 is 2.40 bits per heavy atom. The van der Waals surface area contributed by atoms with Crippen molar-refractivity contribution in [2.45, 2.75) is 18.2 Å². The summed E-state index contributed by atoms with van der Waals surface area (Å²) in [5, 5.41) is 12.1. The lowest BCUT2D eigenvalue weighted by atomic mass is 10.0. The number of hydrogen-bond donors (Lipinski definition) is 1. The number of amides is 1. The maximum Gasteiger partial charge on any atom is 0.257 e. The van der Waals surface area contributed by atoms with E-state index in [0.29, 0.717) is 24.9 Å². The van der Waals surface area contributed by atoms with Gasteiger partial charge in [-0.15, -0.1) is 0 Å². The second-order valence-electron chi connectivity index (χ2n) is 7.55. The molecule has 0 aliphatic carbocycles. The molecule has 0 aromatic heterocycles. The van der Waals surface area contributed by atoms with E-state index in [2.05, 4.69) is 0 Å². The highest BCUT2D eigenvalue weighted by atomic mass is 32.2. The van der Waals surface area contributed by atoms with Crippen molar-refractivity contribution in [3.05, 3.63) is 71.8 Å². The molecule has 1 saturated heterocycles. The summed E-state index contributed by atoms with van der Waals surface area (Å²) in [6.07, 6.45) is 0.533. The molecule has 1 amide bonds. The van der Waals surface area contributed by atoms with Crippen LogP contribution in [0, 0.1) is 6.92 Å². The van der Waals surface area contributed by atoms with Crippen molar-refractivity contribution in [3.63, 3.8) is 0 Å². The maximum atomic E-state index is 13.1. The molecule has 3 aromatic carbocycles. The van der Waals surface area contributed by atoms with E-state index >= 15 is 0 Å². The van der Waals surface area contributed by atoms with Crippen LogP contribution < -0.4 is 0 Å². The van der Waals surface area contributed by atoms with Crippen LogP contribution in [0.25, 0.3) is 10.8 Å². The molecule has 4 rings (SSSR count). The summed E-state index contributed by atoms with van der Waals surface area (Å²) in [6, 6.07) is 17.6. The zero-order valence-electron chi connectivity index (χ0n) is 16.8. The quantitative estimate of drug-likeness (QED) is 0.699. The summed E-state index contributed by atoms with van der Waals surface area (Å²) in [7, 11) is -3.61. The van der Waals surface area contributed by atoms with Gasteiger partial charge in [0.15, 0.2) is 0 Å². The molecule has 0 unspecified atom stereocenters. The molecule has 1 aliphatic heterocycles. The van der Waals surface area contributed by atoms with Crippen molar-refractivity contribution in [1.29, 1.82) is 0 Å². The third-order valence-electron chi connectivity index (χ3n) is 5.53. The highest BCUT2D eigenvalue weighted by molar-refractivity contribution is 7.89. The smallest absolute Gasteiger partial charge is 0.257 e. The van der Waals surface area contributed by atoms with Crippen LogP contribution in [0.1, 0.15) is 22.3 Å². The van der Waals surface area contributed by atoms with E-state index in [0.717, 1.165) is 10.9 Å². The molecule has 6 nitrogen and oxygen atoms in total. The van der Waals surface area contributed by atoms with Gasteiger partial charge >= 0.3 is 0 Å². The summed E-state index contributed by atoms with van der Waals surface area (Å²) in [4.78, 5) is 15.0. The van der Waals surface area contributed by atoms with Gasteiger partial charge in [-0.25, -0.2) is 8.42 Å². The Bertz CT molecular complexity index is 1190. The summed E-state index contributed by atoms with van der Waals surface area (Å²) in [5.41, 5.74) is 1.24. The number of sulfonamides is 1. The van der Waals surface area contributed by atoms with Gasteiger partial charge in [0.05, 0.1) is 10.5 Å². The monoisotopic (exact) mass is 424 g/mol. The fourth-order valence-electron chi connectivity index (χ4n) is 3.79. The Kier molecular flexibility index (Phi) is 5.49. The second-order valence-corrected chi connectivity index (χ2v) is 9.48. The molecule has 1 N–H and O–H groups in total. The predicted octanol–water partition coefficient (Wildman–Crippen LogP) is 3.39. The van der Waals surface area contributed by atoms with Gasteiger partial charge < -0.3 is 10.0 Å². The number of carbonyl (C=O) groups is 1. The van der Waals surface area contributed by atoms with Crippen molar-refractivity contribution >= 4 is 26.7 Å². The highest BCUT2D eigenvalue weighted by Gasteiger charge is 2.29. The van der Waals surface area contributed by atoms with E-state index in [1.807, 2.05) is 31.2 Å². The number of benzene rings is 3. The molecule has 7 heteroatoms. The fourth-order valence-corrected chi connectivity index (χ4v) is 5.26. The minimum Gasteiger partial charge on any atom is -0.506 e. The third kappa shape index (κ3) is 3.78. The molecule has 0 saturated carbocycles. The number of aromatic hydroxyl groups is 1. The summed E-state index contributed by atoms with van der Waals surface area (Å²) >= 11 is 0. The lowest BCUT2D eigenvalue weighted by molar-refractivity contribution is 0.0761. The van der Waals surface area contributed by atoms with E-state index < -0.39 is 10.0 Å². The number of phenols is 1. The van der Waals surface area contributed by atoms with Gasteiger partial charge in [-0.3, -0.25) is 4.79 Å². The van der Waals surface area contributed by atoms with Gasteiger partial charge in [0.2, 0.25) is 10.0 Å². The number of hydrogen-bond acceptors (Lipinski definition) is 4. The van der Waals surface area contributed by atoms with Crippen LogP contribution in [-0.2, 0) is 10.0 Å². The van der Waals surface area contributed by atoms with E-state index in [1.54, 1.807) is 41.3 Å². The first-order valence-corrected chi connectivity index (χ1v) is 11.4. The minimum absolute atomic E-state index is 0.0357. The molecular weight excluding hydrogens is 400 g/mol. The Morgan fingerprint density at radius 2 is 1.63 bits per heavy atom. The summed E-state index contributed by atoms with van der Waals surface area (Å²) in [6.45, 7) is 3.19. The molecule has 0 radical (unpaired) electrons. The SMILES string of the molecule is Cc1ccc(S(=O)(=O)N2CCCN(C(=O)c3ccc4ccccc4c3O)CC2)cc1. The first-order valence-electron chi connectivity index (χ1n) is 9.95. The molecule has 0 atom stereocenters. The van der Waals surface area contributed by atoms with Crippen molar-refractivity contribution in [1.82, 2.24) is 9.21 Å². The van der Waals surface area contributed by atoms with Gasteiger partial charge in [0.25, 0.3) is 5.91 Å². The molecule has 156 valence electrons. The van der Waals surface area contributed by atoms with Crippen LogP contribution in [0.3, 0.4) is 0 Å². The zero-order valence-corrected chi connectivity index (χ0v) is 17.6. The molecule has 1 heterocycles. The van der Waals surface area contributed by atoms with Gasteiger partial charge in [-0.1, -0.05) is 48.0 Å². The van der Waals surface area contributed by atoms with Crippen molar-refractivity contribution in [2.24, 2.45) is 0 Å². The highest BCUT2D eigenvalue weighted by Crippen LogP contribution is 2.30. The van der Waals surface area contributed by atoms with Crippen LogP contribution in [-0.4, -0.2) is 54.8 Å². The Morgan fingerprint density at radius 1 is 0.900 bits per heavy atom. The first kappa shape index (κ1) is 20.4. The third-order valence-corrected chi connectivity index (χ3v) is 7.44. The van der Waals surface area contributed by atoms with Crippen LogP contribution in [0.5, 0.6) is 5.75 Å². The number of carbonyl (C=O) groups excluding carboxylic acids is 1.